The molecular formula is C9H14O4. The third-order valence-corrected chi connectivity index (χ3v) is 1.53. The Hall–Kier alpha value is -0.870. The smallest absolute Gasteiger partial charge is 0.332 e. The normalized spacial score (nSPS) is 26.5. The van der Waals surface area contributed by atoms with Crippen molar-refractivity contribution in [2.24, 2.45) is 0 Å². The average molecular weight is 186 g/mol. The number of allylic oxidation sites excluding steroid dienone is 1. The van der Waals surface area contributed by atoms with Gasteiger partial charge in [-0.2, -0.15) is 0 Å². The summed E-state index contributed by atoms with van der Waals surface area (Å²) in [6.45, 7) is 5.58. The molecular weight excluding hydrogens is 172 g/mol. The first-order valence-corrected chi connectivity index (χ1v) is 4.18. The second-order valence-electron chi connectivity index (χ2n) is 3.20. The number of hydrogen-bond donors (Lipinski definition) is 0. The fourth-order valence-electron chi connectivity index (χ4n) is 1.02. The molecule has 1 unspecified atom stereocenters. The summed E-state index contributed by atoms with van der Waals surface area (Å²) in [5.41, 5.74) is 0. The van der Waals surface area contributed by atoms with E-state index >= 15 is 0 Å². The first-order chi connectivity index (χ1) is 6.03. The summed E-state index contributed by atoms with van der Waals surface area (Å²) in [4.78, 5) is 11.0. The van der Waals surface area contributed by atoms with E-state index < -0.39 is 18.0 Å². The van der Waals surface area contributed by atoms with Crippen molar-refractivity contribution in [2.75, 3.05) is 6.61 Å². The largest absolute Gasteiger partial charge is 0.430 e. The molecule has 0 saturated carbocycles. The summed E-state index contributed by atoms with van der Waals surface area (Å²) >= 11 is 0. The molecule has 1 fully saturated rings. The molecule has 0 N–H and O–H groups in total. The van der Waals surface area contributed by atoms with Gasteiger partial charge in [0.2, 0.25) is 6.29 Å². The zero-order valence-corrected chi connectivity index (χ0v) is 8.07. The molecule has 0 aromatic rings. The van der Waals surface area contributed by atoms with Crippen LogP contribution in [0, 0.1) is 0 Å². The van der Waals surface area contributed by atoms with Crippen molar-refractivity contribution in [3.63, 3.8) is 0 Å². The van der Waals surface area contributed by atoms with E-state index in [1.165, 1.54) is 6.08 Å². The lowest BCUT2D eigenvalue weighted by atomic mass is 10.4. The number of rotatable bonds is 2. The Morgan fingerprint density at radius 1 is 1.62 bits per heavy atom. The maximum Gasteiger partial charge on any atom is 0.332 e. The molecule has 0 aromatic carbocycles. The molecule has 1 heterocycles. The highest BCUT2D eigenvalue weighted by Crippen LogP contribution is 2.22. The van der Waals surface area contributed by atoms with Gasteiger partial charge < -0.3 is 14.2 Å². The van der Waals surface area contributed by atoms with E-state index in [1.807, 2.05) is 0 Å². The maximum atomic E-state index is 11.0. The Balaban J connectivity index is 2.36. The van der Waals surface area contributed by atoms with Crippen LogP contribution in [0.3, 0.4) is 0 Å². The quantitative estimate of drug-likeness (QED) is 0.480. The van der Waals surface area contributed by atoms with Gasteiger partial charge in [-0.25, -0.2) is 4.79 Å². The molecule has 0 bridgehead atoms. The highest BCUT2D eigenvalue weighted by molar-refractivity contribution is 5.81. The number of ether oxygens (including phenoxy) is 3. The van der Waals surface area contributed by atoms with Crippen LogP contribution in [0.4, 0.5) is 0 Å². The van der Waals surface area contributed by atoms with Gasteiger partial charge >= 0.3 is 5.97 Å². The van der Waals surface area contributed by atoms with E-state index in [2.05, 4.69) is 0 Å². The van der Waals surface area contributed by atoms with Gasteiger partial charge in [-0.1, -0.05) is 6.08 Å². The van der Waals surface area contributed by atoms with Crippen LogP contribution in [0.25, 0.3) is 0 Å². The molecule has 0 aliphatic carbocycles. The molecule has 1 saturated heterocycles. The van der Waals surface area contributed by atoms with Gasteiger partial charge in [0.25, 0.3) is 0 Å². The van der Waals surface area contributed by atoms with Crippen molar-refractivity contribution >= 4 is 5.97 Å². The SMILES string of the molecule is CC=CC(=O)OC1COC(C)(C)O1. The summed E-state index contributed by atoms with van der Waals surface area (Å²) < 4.78 is 15.4. The molecule has 0 spiro atoms. The van der Waals surface area contributed by atoms with Crippen molar-refractivity contribution in [3.8, 4) is 0 Å². The molecule has 1 aliphatic rings. The first kappa shape index (κ1) is 10.2. The van der Waals surface area contributed by atoms with Crippen LogP contribution in [0.15, 0.2) is 12.2 Å². The van der Waals surface area contributed by atoms with Gasteiger partial charge in [-0.15, -0.1) is 0 Å². The van der Waals surface area contributed by atoms with Crippen molar-refractivity contribution in [1.29, 1.82) is 0 Å². The molecule has 13 heavy (non-hydrogen) atoms. The fraction of sp³-hybridized carbons (Fsp3) is 0.667. The molecule has 0 radical (unpaired) electrons. The summed E-state index contributed by atoms with van der Waals surface area (Å²) in [6.07, 6.45) is 2.37. The molecule has 1 aliphatic heterocycles. The van der Waals surface area contributed by atoms with E-state index in [-0.39, 0.29) is 6.61 Å². The minimum absolute atomic E-state index is 0.288. The Morgan fingerprint density at radius 2 is 2.31 bits per heavy atom. The van der Waals surface area contributed by atoms with Crippen molar-refractivity contribution in [2.45, 2.75) is 32.8 Å². The van der Waals surface area contributed by atoms with Gasteiger partial charge in [-0.3, -0.25) is 0 Å². The van der Waals surface area contributed by atoms with Gasteiger partial charge in [0, 0.05) is 6.08 Å². The molecule has 1 atom stereocenters. The molecule has 74 valence electrons. The lowest BCUT2D eigenvalue weighted by molar-refractivity contribution is -0.194. The predicted molar refractivity (Wildman–Crippen MR) is 45.8 cm³/mol. The molecule has 4 heteroatoms. The van der Waals surface area contributed by atoms with E-state index in [0.717, 1.165) is 0 Å². The second kappa shape index (κ2) is 3.89. The third-order valence-electron chi connectivity index (χ3n) is 1.53. The number of esters is 1. The van der Waals surface area contributed by atoms with Crippen LogP contribution in [0.5, 0.6) is 0 Å². The van der Waals surface area contributed by atoms with Crippen molar-refractivity contribution in [3.05, 3.63) is 12.2 Å². The van der Waals surface area contributed by atoms with Crippen molar-refractivity contribution < 1.29 is 19.0 Å². The van der Waals surface area contributed by atoms with Gasteiger partial charge in [0.15, 0.2) is 5.79 Å². The van der Waals surface area contributed by atoms with Crippen LogP contribution < -0.4 is 0 Å². The minimum Gasteiger partial charge on any atom is -0.430 e. The fourth-order valence-corrected chi connectivity index (χ4v) is 1.02. The Kier molecular flexibility index (Phi) is 3.06. The van der Waals surface area contributed by atoms with E-state index in [0.29, 0.717) is 0 Å². The number of carbonyl (C=O) groups is 1. The first-order valence-electron chi connectivity index (χ1n) is 4.18. The maximum absolute atomic E-state index is 11.0. The molecule has 0 amide bonds. The van der Waals surface area contributed by atoms with Gasteiger partial charge in [0.1, 0.15) is 6.61 Å². The number of carbonyl (C=O) groups excluding carboxylic acids is 1. The van der Waals surface area contributed by atoms with E-state index in [9.17, 15) is 4.79 Å². The van der Waals surface area contributed by atoms with E-state index in [4.69, 9.17) is 14.2 Å². The van der Waals surface area contributed by atoms with Crippen LogP contribution >= 0.6 is 0 Å². The van der Waals surface area contributed by atoms with E-state index in [1.54, 1.807) is 26.8 Å². The molecule has 0 aromatic heterocycles. The summed E-state index contributed by atoms with van der Waals surface area (Å²) in [5, 5.41) is 0. The summed E-state index contributed by atoms with van der Waals surface area (Å²) in [5.74, 6) is -1.06. The highest BCUT2D eigenvalue weighted by atomic mass is 16.8. The van der Waals surface area contributed by atoms with Crippen LogP contribution in [0.2, 0.25) is 0 Å². The standard InChI is InChI=1S/C9H14O4/c1-4-5-7(10)12-8-6-11-9(2,3)13-8/h4-5,8H,6H2,1-3H3. The average Bonchev–Trinajstić information content (AvgIpc) is 2.30. The summed E-state index contributed by atoms with van der Waals surface area (Å²) in [6, 6.07) is 0. The summed E-state index contributed by atoms with van der Waals surface area (Å²) in [7, 11) is 0. The Bertz CT molecular complexity index is 220. The minimum atomic E-state index is -0.652. The monoisotopic (exact) mass is 186 g/mol. The van der Waals surface area contributed by atoms with Crippen LogP contribution in [0.1, 0.15) is 20.8 Å². The Morgan fingerprint density at radius 3 is 2.77 bits per heavy atom. The second-order valence-corrected chi connectivity index (χ2v) is 3.20. The lowest BCUT2D eigenvalue weighted by Gasteiger charge is -2.16. The highest BCUT2D eigenvalue weighted by Gasteiger charge is 2.34. The van der Waals surface area contributed by atoms with Crippen LogP contribution in [-0.2, 0) is 19.0 Å². The molecule has 1 rings (SSSR count). The zero-order valence-electron chi connectivity index (χ0n) is 8.07. The predicted octanol–water partition coefficient (Wildman–Crippen LogP) is 1.21. The third kappa shape index (κ3) is 3.16. The lowest BCUT2D eigenvalue weighted by Crippen LogP contribution is -2.24. The Labute approximate surface area is 77.5 Å². The zero-order chi connectivity index (χ0) is 9.90. The van der Waals surface area contributed by atoms with Gasteiger partial charge in [0.05, 0.1) is 0 Å². The van der Waals surface area contributed by atoms with Gasteiger partial charge in [-0.05, 0) is 20.8 Å². The molecule has 4 nitrogen and oxygen atoms in total. The topological polar surface area (TPSA) is 44.8 Å². The number of hydrogen-bond acceptors (Lipinski definition) is 4. The van der Waals surface area contributed by atoms with Crippen molar-refractivity contribution in [1.82, 2.24) is 0 Å². The van der Waals surface area contributed by atoms with Crippen LogP contribution in [-0.4, -0.2) is 24.7 Å².